The molecule has 82 valence electrons. The Hall–Kier alpha value is -0.240. The van der Waals surface area contributed by atoms with Gasteiger partial charge in [0.2, 0.25) is 5.91 Å². The lowest BCUT2D eigenvalue weighted by atomic mass is 10.1. The van der Waals surface area contributed by atoms with Gasteiger partial charge in [0.1, 0.15) is 0 Å². The molecule has 0 aromatic rings. The van der Waals surface area contributed by atoms with E-state index in [1.807, 2.05) is 11.8 Å². The maximum Gasteiger partial charge on any atom is 0.226 e. The lowest BCUT2D eigenvalue weighted by molar-refractivity contribution is -0.134. The highest BCUT2D eigenvalue weighted by molar-refractivity contribution is 6.19. The van der Waals surface area contributed by atoms with E-state index in [-0.39, 0.29) is 11.8 Å². The SMILES string of the molecule is CC(CCl)C(=O)N1CCCCCCC1. The monoisotopic (exact) mass is 217 g/mol. The Labute approximate surface area is 91.6 Å². The van der Waals surface area contributed by atoms with E-state index in [0.29, 0.717) is 5.88 Å². The molecular formula is C11H20ClNO. The van der Waals surface area contributed by atoms with Crippen molar-refractivity contribution in [1.29, 1.82) is 0 Å². The Kier molecular flexibility index (Phi) is 5.31. The lowest BCUT2D eigenvalue weighted by Gasteiger charge is -2.26. The van der Waals surface area contributed by atoms with E-state index in [2.05, 4.69) is 0 Å². The van der Waals surface area contributed by atoms with Gasteiger partial charge in [0.15, 0.2) is 0 Å². The van der Waals surface area contributed by atoms with Crippen LogP contribution in [0, 0.1) is 5.92 Å². The Morgan fingerprint density at radius 3 is 2.21 bits per heavy atom. The summed E-state index contributed by atoms with van der Waals surface area (Å²) in [7, 11) is 0. The van der Waals surface area contributed by atoms with Gasteiger partial charge in [-0.25, -0.2) is 0 Å². The van der Waals surface area contributed by atoms with Crippen LogP contribution in [0.1, 0.15) is 39.0 Å². The zero-order valence-corrected chi connectivity index (χ0v) is 9.72. The van der Waals surface area contributed by atoms with Crippen molar-refractivity contribution in [2.45, 2.75) is 39.0 Å². The molecule has 1 aliphatic rings. The first-order valence-electron chi connectivity index (χ1n) is 5.60. The number of amides is 1. The summed E-state index contributed by atoms with van der Waals surface area (Å²) in [5.74, 6) is 0.660. The molecule has 14 heavy (non-hydrogen) atoms. The summed E-state index contributed by atoms with van der Waals surface area (Å²) >= 11 is 5.69. The zero-order chi connectivity index (χ0) is 10.4. The zero-order valence-electron chi connectivity index (χ0n) is 8.97. The molecular weight excluding hydrogens is 198 g/mol. The second-order valence-electron chi connectivity index (χ2n) is 4.15. The second kappa shape index (κ2) is 6.28. The average Bonchev–Trinajstić information content (AvgIpc) is 2.15. The standard InChI is InChI=1S/C11H20ClNO/c1-10(9-12)11(14)13-7-5-3-2-4-6-8-13/h10H,2-9H2,1H3. The van der Waals surface area contributed by atoms with Crippen LogP contribution in [0.3, 0.4) is 0 Å². The fourth-order valence-electron chi connectivity index (χ4n) is 1.85. The molecule has 1 fully saturated rings. The molecule has 2 nitrogen and oxygen atoms in total. The minimum Gasteiger partial charge on any atom is -0.342 e. The topological polar surface area (TPSA) is 20.3 Å². The minimum absolute atomic E-state index is 0.0175. The molecule has 1 aliphatic heterocycles. The molecule has 0 aromatic heterocycles. The van der Waals surface area contributed by atoms with Crippen molar-refractivity contribution in [3.63, 3.8) is 0 Å². The third-order valence-electron chi connectivity index (χ3n) is 2.82. The van der Waals surface area contributed by atoms with E-state index in [9.17, 15) is 4.79 Å². The smallest absolute Gasteiger partial charge is 0.226 e. The van der Waals surface area contributed by atoms with Gasteiger partial charge in [0.25, 0.3) is 0 Å². The van der Waals surface area contributed by atoms with Crippen LogP contribution in [0.4, 0.5) is 0 Å². The van der Waals surface area contributed by atoms with Crippen molar-refractivity contribution < 1.29 is 4.79 Å². The fraction of sp³-hybridized carbons (Fsp3) is 0.909. The summed E-state index contributed by atoms with van der Waals surface area (Å²) in [6, 6.07) is 0. The maximum atomic E-state index is 11.8. The molecule has 0 N–H and O–H groups in total. The van der Waals surface area contributed by atoms with Gasteiger partial charge in [0.05, 0.1) is 0 Å². The first kappa shape index (κ1) is 11.8. The highest BCUT2D eigenvalue weighted by Crippen LogP contribution is 2.13. The van der Waals surface area contributed by atoms with Crippen molar-refractivity contribution in [3.8, 4) is 0 Å². The molecule has 1 saturated heterocycles. The molecule has 1 atom stereocenters. The number of nitrogens with zero attached hydrogens (tertiary/aromatic N) is 1. The first-order chi connectivity index (χ1) is 6.75. The molecule has 1 amide bonds. The average molecular weight is 218 g/mol. The number of halogens is 1. The number of hydrogen-bond acceptors (Lipinski definition) is 1. The molecule has 0 spiro atoms. The summed E-state index contributed by atoms with van der Waals surface area (Å²) in [4.78, 5) is 13.8. The minimum atomic E-state index is -0.0175. The largest absolute Gasteiger partial charge is 0.342 e. The summed E-state index contributed by atoms with van der Waals surface area (Å²) in [6.07, 6.45) is 6.16. The van der Waals surface area contributed by atoms with Crippen molar-refractivity contribution in [2.24, 2.45) is 5.92 Å². The Morgan fingerprint density at radius 1 is 1.21 bits per heavy atom. The van der Waals surface area contributed by atoms with E-state index in [1.165, 1.54) is 19.3 Å². The lowest BCUT2D eigenvalue weighted by Crippen LogP contribution is -2.37. The highest BCUT2D eigenvalue weighted by atomic mass is 35.5. The third-order valence-corrected chi connectivity index (χ3v) is 3.28. The predicted octanol–water partition coefficient (Wildman–Crippen LogP) is 2.65. The van der Waals surface area contributed by atoms with Gasteiger partial charge < -0.3 is 4.90 Å². The van der Waals surface area contributed by atoms with Crippen LogP contribution in [-0.4, -0.2) is 29.8 Å². The maximum absolute atomic E-state index is 11.8. The van der Waals surface area contributed by atoms with Crippen LogP contribution in [-0.2, 0) is 4.79 Å². The van der Waals surface area contributed by atoms with Crippen molar-refractivity contribution >= 4 is 17.5 Å². The van der Waals surface area contributed by atoms with Crippen LogP contribution < -0.4 is 0 Å². The Morgan fingerprint density at radius 2 is 1.71 bits per heavy atom. The Balaban J connectivity index is 2.42. The van der Waals surface area contributed by atoms with Crippen LogP contribution >= 0.6 is 11.6 Å². The summed E-state index contributed by atoms with van der Waals surface area (Å²) in [5.41, 5.74) is 0. The number of rotatable bonds is 2. The van der Waals surface area contributed by atoms with E-state index >= 15 is 0 Å². The van der Waals surface area contributed by atoms with E-state index in [0.717, 1.165) is 25.9 Å². The normalized spacial score (nSPS) is 21.1. The summed E-state index contributed by atoms with van der Waals surface area (Å²) in [6.45, 7) is 3.77. The van der Waals surface area contributed by atoms with Gasteiger partial charge in [-0.2, -0.15) is 0 Å². The highest BCUT2D eigenvalue weighted by Gasteiger charge is 2.19. The van der Waals surface area contributed by atoms with Crippen LogP contribution in [0.15, 0.2) is 0 Å². The van der Waals surface area contributed by atoms with E-state index in [4.69, 9.17) is 11.6 Å². The van der Waals surface area contributed by atoms with Gasteiger partial charge in [-0.05, 0) is 12.8 Å². The number of hydrogen-bond donors (Lipinski definition) is 0. The Bertz CT molecular complexity index is 176. The van der Waals surface area contributed by atoms with Crippen molar-refractivity contribution in [1.82, 2.24) is 4.90 Å². The second-order valence-corrected chi connectivity index (χ2v) is 4.46. The summed E-state index contributed by atoms with van der Waals surface area (Å²) < 4.78 is 0. The van der Waals surface area contributed by atoms with Gasteiger partial charge >= 0.3 is 0 Å². The third kappa shape index (κ3) is 3.49. The molecule has 0 radical (unpaired) electrons. The number of carbonyl (C=O) groups is 1. The molecule has 0 saturated carbocycles. The van der Waals surface area contributed by atoms with Gasteiger partial charge in [-0.1, -0.05) is 26.2 Å². The van der Waals surface area contributed by atoms with Gasteiger partial charge in [-0.15, -0.1) is 11.6 Å². The van der Waals surface area contributed by atoms with Crippen molar-refractivity contribution in [2.75, 3.05) is 19.0 Å². The number of alkyl halides is 1. The molecule has 1 heterocycles. The molecule has 0 aliphatic carbocycles. The quantitative estimate of drug-likeness (QED) is 0.652. The van der Waals surface area contributed by atoms with E-state index in [1.54, 1.807) is 0 Å². The predicted molar refractivity (Wildman–Crippen MR) is 59.5 cm³/mol. The number of carbonyl (C=O) groups excluding carboxylic acids is 1. The van der Waals surface area contributed by atoms with Crippen LogP contribution in [0.5, 0.6) is 0 Å². The number of likely N-dealkylation sites (tertiary alicyclic amines) is 1. The molecule has 3 heteroatoms. The van der Waals surface area contributed by atoms with Crippen LogP contribution in [0.2, 0.25) is 0 Å². The molecule has 0 bridgehead atoms. The van der Waals surface area contributed by atoms with Crippen LogP contribution in [0.25, 0.3) is 0 Å². The fourth-order valence-corrected chi connectivity index (χ4v) is 1.98. The van der Waals surface area contributed by atoms with Crippen molar-refractivity contribution in [3.05, 3.63) is 0 Å². The molecule has 1 rings (SSSR count). The molecule has 1 unspecified atom stereocenters. The summed E-state index contributed by atoms with van der Waals surface area (Å²) in [5, 5.41) is 0. The van der Waals surface area contributed by atoms with Gasteiger partial charge in [-0.3, -0.25) is 4.79 Å². The first-order valence-corrected chi connectivity index (χ1v) is 6.14. The molecule has 0 aromatic carbocycles. The van der Waals surface area contributed by atoms with E-state index < -0.39 is 0 Å². The van der Waals surface area contributed by atoms with Gasteiger partial charge in [0, 0.05) is 24.9 Å².